The van der Waals surface area contributed by atoms with Crippen LogP contribution in [0.25, 0.3) is 5.65 Å². The van der Waals surface area contributed by atoms with Gasteiger partial charge in [0.15, 0.2) is 0 Å². The number of aliphatic carboxylic acids is 1. The standard InChI is InChI=1S/C7H6N6O4/c8-6-7(13(16)17)10-9-4-1-3(2-5(14)15)11-12(4)6/h1H,2,8H2,(H,14,15). The first-order chi connectivity index (χ1) is 7.99. The molecule has 2 heterocycles. The highest BCUT2D eigenvalue weighted by atomic mass is 16.6. The summed E-state index contributed by atoms with van der Waals surface area (Å²) in [6.45, 7) is 0. The highest BCUT2D eigenvalue weighted by Gasteiger charge is 2.20. The number of nitro groups is 1. The van der Waals surface area contributed by atoms with Gasteiger partial charge in [-0.15, -0.1) is 0 Å². The molecule has 0 aliphatic rings. The Bertz CT molecular complexity index is 620. The van der Waals surface area contributed by atoms with Crippen LogP contribution in [-0.4, -0.2) is 35.8 Å². The van der Waals surface area contributed by atoms with Crippen LogP contribution in [0.2, 0.25) is 0 Å². The van der Waals surface area contributed by atoms with Gasteiger partial charge in [0.2, 0.25) is 11.5 Å². The molecule has 0 saturated heterocycles. The van der Waals surface area contributed by atoms with Crippen molar-refractivity contribution in [1.29, 1.82) is 0 Å². The lowest BCUT2D eigenvalue weighted by atomic mass is 10.3. The van der Waals surface area contributed by atoms with E-state index in [0.29, 0.717) is 0 Å². The smallest absolute Gasteiger partial charge is 0.433 e. The van der Waals surface area contributed by atoms with Crippen molar-refractivity contribution in [2.45, 2.75) is 6.42 Å². The van der Waals surface area contributed by atoms with E-state index >= 15 is 0 Å². The van der Waals surface area contributed by atoms with E-state index in [1.807, 2.05) is 0 Å². The summed E-state index contributed by atoms with van der Waals surface area (Å²) >= 11 is 0. The van der Waals surface area contributed by atoms with E-state index < -0.39 is 16.7 Å². The molecule has 3 N–H and O–H groups in total. The molecule has 0 saturated carbocycles. The van der Waals surface area contributed by atoms with Gasteiger partial charge >= 0.3 is 11.8 Å². The van der Waals surface area contributed by atoms with E-state index in [-0.39, 0.29) is 23.6 Å². The molecule has 0 aliphatic heterocycles. The first kappa shape index (κ1) is 10.7. The lowest BCUT2D eigenvalue weighted by Crippen LogP contribution is -2.08. The molecule has 0 aliphatic carbocycles. The molecule has 17 heavy (non-hydrogen) atoms. The minimum Gasteiger partial charge on any atom is -0.481 e. The number of carboxylic acids is 1. The molecule has 0 aromatic carbocycles. The summed E-state index contributed by atoms with van der Waals surface area (Å²) in [6.07, 6.45) is -0.323. The van der Waals surface area contributed by atoms with Crippen molar-refractivity contribution in [3.05, 3.63) is 21.9 Å². The molecule has 2 aromatic heterocycles. The Morgan fingerprint density at radius 2 is 2.29 bits per heavy atom. The van der Waals surface area contributed by atoms with Gasteiger partial charge in [0, 0.05) is 6.07 Å². The van der Waals surface area contributed by atoms with E-state index in [0.717, 1.165) is 4.52 Å². The zero-order chi connectivity index (χ0) is 12.6. The molecule has 10 heteroatoms. The summed E-state index contributed by atoms with van der Waals surface area (Å²) in [5.41, 5.74) is 5.82. The van der Waals surface area contributed by atoms with Crippen molar-refractivity contribution in [3.8, 4) is 0 Å². The molecule has 2 rings (SSSR count). The fraction of sp³-hybridized carbons (Fsp3) is 0.143. The first-order valence-corrected chi connectivity index (χ1v) is 4.36. The fourth-order valence-corrected chi connectivity index (χ4v) is 1.28. The van der Waals surface area contributed by atoms with E-state index in [9.17, 15) is 14.9 Å². The molecule has 0 radical (unpaired) electrons. The van der Waals surface area contributed by atoms with Crippen LogP contribution >= 0.6 is 0 Å². The Kier molecular flexibility index (Phi) is 2.31. The maximum Gasteiger partial charge on any atom is 0.433 e. The average Bonchev–Trinajstić information content (AvgIpc) is 2.60. The number of nitrogens with two attached hydrogens (primary N) is 1. The Labute approximate surface area is 92.8 Å². The third-order valence-corrected chi connectivity index (χ3v) is 1.95. The van der Waals surface area contributed by atoms with Gasteiger partial charge in [-0.25, -0.2) is 0 Å². The summed E-state index contributed by atoms with van der Waals surface area (Å²) in [4.78, 5) is 20.2. The lowest BCUT2D eigenvalue weighted by Gasteiger charge is -1.96. The normalized spacial score (nSPS) is 10.6. The minimum atomic E-state index is -1.07. The van der Waals surface area contributed by atoms with Crippen LogP contribution in [0.1, 0.15) is 5.69 Å². The maximum atomic E-state index is 10.5. The number of carboxylic acid groups (broad SMARTS) is 1. The molecular weight excluding hydrogens is 232 g/mol. The average molecular weight is 238 g/mol. The van der Waals surface area contributed by atoms with Crippen LogP contribution in [0.15, 0.2) is 6.07 Å². The van der Waals surface area contributed by atoms with Crippen LogP contribution in [0.4, 0.5) is 11.6 Å². The molecule has 0 amide bonds. The Morgan fingerprint density at radius 1 is 1.59 bits per heavy atom. The van der Waals surface area contributed by atoms with E-state index in [2.05, 4.69) is 15.3 Å². The van der Waals surface area contributed by atoms with Crippen molar-refractivity contribution in [1.82, 2.24) is 19.8 Å². The number of aromatic nitrogens is 4. The molecule has 2 aromatic rings. The second-order valence-corrected chi connectivity index (χ2v) is 3.14. The van der Waals surface area contributed by atoms with Crippen LogP contribution in [0, 0.1) is 10.1 Å². The molecule has 0 atom stereocenters. The van der Waals surface area contributed by atoms with Crippen LogP contribution < -0.4 is 5.73 Å². The lowest BCUT2D eigenvalue weighted by molar-refractivity contribution is -0.389. The molecule has 88 valence electrons. The molecule has 0 fully saturated rings. The zero-order valence-electron chi connectivity index (χ0n) is 8.27. The van der Waals surface area contributed by atoms with Gasteiger partial charge in [0.1, 0.15) is 0 Å². The van der Waals surface area contributed by atoms with Crippen molar-refractivity contribution >= 4 is 23.3 Å². The third-order valence-electron chi connectivity index (χ3n) is 1.95. The molecule has 10 nitrogen and oxygen atoms in total. The monoisotopic (exact) mass is 238 g/mol. The molecule has 0 unspecified atom stereocenters. The van der Waals surface area contributed by atoms with E-state index in [1.54, 1.807) is 0 Å². The van der Waals surface area contributed by atoms with Crippen molar-refractivity contribution < 1.29 is 14.8 Å². The number of hydrogen-bond donors (Lipinski definition) is 2. The van der Waals surface area contributed by atoms with Crippen molar-refractivity contribution in [2.24, 2.45) is 0 Å². The van der Waals surface area contributed by atoms with Crippen molar-refractivity contribution in [3.63, 3.8) is 0 Å². The predicted octanol–water partition coefficient (Wildman–Crippen LogP) is -0.758. The topological polar surface area (TPSA) is 150 Å². The van der Waals surface area contributed by atoms with Crippen LogP contribution in [0.3, 0.4) is 0 Å². The Balaban J connectivity index is 2.57. The quantitative estimate of drug-likeness (QED) is 0.523. The number of hydrogen-bond acceptors (Lipinski definition) is 7. The Hall–Kier alpha value is -2.78. The van der Waals surface area contributed by atoms with Crippen LogP contribution in [0.5, 0.6) is 0 Å². The van der Waals surface area contributed by atoms with E-state index in [4.69, 9.17) is 10.8 Å². The number of carbonyl (C=O) groups is 1. The first-order valence-electron chi connectivity index (χ1n) is 4.36. The van der Waals surface area contributed by atoms with Gasteiger partial charge in [-0.2, -0.15) is 9.61 Å². The van der Waals surface area contributed by atoms with Crippen molar-refractivity contribution in [2.75, 3.05) is 5.73 Å². The second kappa shape index (κ2) is 3.66. The summed E-state index contributed by atoms with van der Waals surface area (Å²) in [5.74, 6) is -1.99. The number of anilines is 1. The highest BCUT2D eigenvalue weighted by Crippen LogP contribution is 2.17. The van der Waals surface area contributed by atoms with Gasteiger partial charge in [-0.05, 0) is 10.0 Å². The third kappa shape index (κ3) is 1.82. The number of nitrogen functional groups attached to an aromatic ring is 1. The zero-order valence-corrected chi connectivity index (χ0v) is 8.27. The largest absolute Gasteiger partial charge is 0.481 e. The van der Waals surface area contributed by atoms with Gasteiger partial charge in [-0.3, -0.25) is 4.79 Å². The predicted molar refractivity (Wildman–Crippen MR) is 53.2 cm³/mol. The van der Waals surface area contributed by atoms with Gasteiger partial charge in [0.05, 0.1) is 17.2 Å². The number of nitrogens with zero attached hydrogens (tertiary/aromatic N) is 5. The van der Waals surface area contributed by atoms with Gasteiger partial charge in [-0.1, -0.05) is 0 Å². The Morgan fingerprint density at radius 3 is 2.88 bits per heavy atom. The van der Waals surface area contributed by atoms with E-state index in [1.165, 1.54) is 6.07 Å². The molecule has 0 bridgehead atoms. The molecule has 0 spiro atoms. The minimum absolute atomic E-state index is 0.157. The fourth-order valence-electron chi connectivity index (χ4n) is 1.28. The highest BCUT2D eigenvalue weighted by molar-refractivity contribution is 5.70. The summed E-state index contributed by atoms with van der Waals surface area (Å²) in [7, 11) is 0. The summed E-state index contributed by atoms with van der Waals surface area (Å²) in [5, 5.41) is 29.8. The number of fused-ring (bicyclic) bond motifs is 1. The summed E-state index contributed by atoms with van der Waals surface area (Å²) in [6, 6.07) is 1.35. The second-order valence-electron chi connectivity index (χ2n) is 3.14. The van der Waals surface area contributed by atoms with Gasteiger partial charge < -0.3 is 21.0 Å². The van der Waals surface area contributed by atoms with Gasteiger partial charge in [0.25, 0.3) is 0 Å². The summed E-state index contributed by atoms with van der Waals surface area (Å²) < 4.78 is 0.989. The SMILES string of the molecule is Nc1c([N+](=O)[O-])nnc2cc(CC(=O)O)nn12. The number of rotatable bonds is 3. The maximum absolute atomic E-state index is 10.5. The molecular formula is C7H6N6O4. The van der Waals surface area contributed by atoms with Crippen LogP contribution in [-0.2, 0) is 11.2 Å².